The Labute approximate surface area is 173 Å². The van der Waals surface area contributed by atoms with Gasteiger partial charge < -0.3 is 14.2 Å². The maximum absolute atomic E-state index is 12.2. The zero-order chi connectivity index (χ0) is 20.8. The summed E-state index contributed by atoms with van der Waals surface area (Å²) in [5.74, 6) is 0.979. The number of benzene rings is 1. The van der Waals surface area contributed by atoms with Gasteiger partial charge in [0, 0.05) is 12.2 Å². The monoisotopic (exact) mass is 420 g/mol. The largest absolute Gasteiger partial charge is 0.497 e. The van der Waals surface area contributed by atoms with Gasteiger partial charge in [0.2, 0.25) is 5.91 Å². The molecular weight excluding hydrogens is 396 g/mol. The van der Waals surface area contributed by atoms with Gasteiger partial charge in [-0.2, -0.15) is 0 Å². The molecule has 0 spiro atoms. The van der Waals surface area contributed by atoms with Gasteiger partial charge in [-0.15, -0.1) is 10.2 Å². The summed E-state index contributed by atoms with van der Waals surface area (Å²) in [6, 6.07) is 7.55. The van der Waals surface area contributed by atoms with Crippen molar-refractivity contribution in [3.8, 4) is 17.1 Å². The lowest BCUT2D eigenvalue weighted by atomic mass is 10.2. The molecule has 2 aromatic rings. The average molecular weight is 420 g/mol. The molecule has 2 heterocycles. The normalized spacial score (nSPS) is 17.0. The third-order valence-corrected chi connectivity index (χ3v) is 5.62. The molecule has 1 fully saturated rings. The number of carbonyl (C=O) groups is 2. The number of ether oxygens (including phenoxy) is 3. The van der Waals surface area contributed by atoms with Crippen LogP contribution in [0.25, 0.3) is 11.4 Å². The van der Waals surface area contributed by atoms with Gasteiger partial charge in [0.25, 0.3) is 0 Å². The van der Waals surface area contributed by atoms with Crippen LogP contribution in [-0.2, 0) is 20.8 Å². The maximum atomic E-state index is 12.2. The molecule has 0 bridgehead atoms. The predicted molar refractivity (Wildman–Crippen MR) is 107 cm³/mol. The summed E-state index contributed by atoms with van der Waals surface area (Å²) < 4.78 is 17.4. The lowest BCUT2D eigenvalue weighted by Crippen LogP contribution is -2.36. The SMILES string of the molecule is COC(=O)NC(=O)[C@@H](C)Sc1nnc(-c2ccc(OC)cc2)n1C[C@@H]1CCCO1. The van der Waals surface area contributed by atoms with Crippen LogP contribution in [0.4, 0.5) is 4.79 Å². The molecule has 0 radical (unpaired) electrons. The van der Waals surface area contributed by atoms with E-state index in [1.165, 1.54) is 18.9 Å². The number of amides is 2. The summed E-state index contributed by atoms with van der Waals surface area (Å²) in [5, 5.41) is 10.8. The van der Waals surface area contributed by atoms with Crippen molar-refractivity contribution in [3.05, 3.63) is 24.3 Å². The fraction of sp³-hybridized carbons (Fsp3) is 0.474. The van der Waals surface area contributed by atoms with Crippen LogP contribution in [-0.4, -0.2) is 58.9 Å². The number of thioether (sulfide) groups is 1. The van der Waals surface area contributed by atoms with Gasteiger partial charge in [0.05, 0.1) is 32.1 Å². The van der Waals surface area contributed by atoms with Crippen molar-refractivity contribution in [1.29, 1.82) is 0 Å². The number of hydrogen-bond donors (Lipinski definition) is 1. The lowest BCUT2D eigenvalue weighted by Gasteiger charge is -2.16. The molecule has 1 N–H and O–H groups in total. The molecule has 1 aromatic heterocycles. The summed E-state index contributed by atoms with van der Waals surface area (Å²) >= 11 is 1.23. The van der Waals surface area contributed by atoms with Crippen LogP contribution in [0.2, 0.25) is 0 Å². The Kier molecular flexibility index (Phi) is 7.10. The second-order valence-corrected chi connectivity index (χ2v) is 7.83. The molecule has 1 aromatic carbocycles. The van der Waals surface area contributed by atoms with Crippen LogP contribution in [0.1, 0.15) is 19.8 Å². The van der Waals surface area contributed by atoms with Gasteiger partial charge in [0.15, 0.2) is 11.0 Å². The summed E-state index contributed by atoms with van der Waals surface area (Å²) in [4.78, 5) is 23.5. The van der Waals surface area contributed by atoms with E-state index in [-0.39, 0.29) is 6.10 Å². The first kappa shape index (κ1) is 21.1. The molecule has 9 nitrogen and oxygen atoms in total. The molecule has 10 heteroatoms. The van der Waals surface area contributed by atoms with Crippen molar-refractivity contribution in [1.82, 2.24) is 20.1 Å². The Balaban J connectivity index is 1.84. The molecular formula is C19H24N4O5S. The summed E-state index contributed by atoms with van der Waals surface area (Å²) in [6.07, 6.45) is 1.26. The number of methoxy groups -OCH3 is 2. The number of carbonyl (C=O) groups excluding carboxylic acids is 2. The van der Waals surface area contributed by atoms with Crippen LogP contribution in [0.5, 0.6) is 5.75 Å². The number of nitrogens with zero attached hydrogens (tertiary/aromatic N) is 3. The molecule has 0 aliphatic carbocycles. The van der Waals surface area contributed by atoms with Gasteiger partial charge in [-0.3, -0.25) is 14.7 Å². The van der Waals surface area contributed by atoms with E-state index in [9.17, 15) is 9.59 Å². The van der Waals surface area contributed by atoms with Crippen LogP contribution < -0.4 is 10.1 Å². The molecule has 29 heavy (non-hydrogen) atoms. The first-order chi connectivity index (χ1) is 14.0. The van der Waals surface area contributed by atoms with Crippen molar-refractivity contribution in [2.45, 2.75) is 42.8 Å². The van der Waals surface area contributed by atoms with Crippen molar-refractivity contribution in [2.24, 2.45) is 0 Å². The minimum absolute atomic E-state index is 0.0709. The molecule has 1 saturated heterocycles. The zero-order valence-electron chi connectivity index (χ0n) is 16.6. The van der Waals surface area contributed by atoms with Gasteiger partial charge in [-0.1, -0.05) is 11.8 Å². The Morgan fingerprint density at radius 2 is 2.07 bits per heavy atom. The number of hydrogen-bond acceptors (Lipinski definition) is 8. The highest BCUT2D eigenvalue weighted by Crippen LogP contribution is 2.29. The Morgan fingerprint density at radius 1 is 1.31 bits per heavy atom. The van der Waals surface area contributed by atoms with Crippen molar-refractivity contribution in [2.75, 3.05) is 20.8 Å². The van der Waals surface area contributed by atoms with E-state index in [1.807, 2.05) is 28.8 Å². The number of aromatic nitrogens is 3. The maximum Gasteiger partial charge on any atom is 0.413 e. The van der Waals surface area contributed by atoms with E-state index in [2.05, 4.69) is 20.3 Å². The Hall–Kier alpha value is -2.59. The quantitative estimate of drug-likeness (QED) is 0.681. The summed E-state index contributed by atoms with van der Waals surface area (Å²) in [6.45, 7) is 3.02. The molecule has 0 unspecified atom stereocenters. The minimum Gasteiger partial charge on any atom is -0.497 e. The predicted octanol–water partition coefficient (Wildman–Crippen LogP) is 2.50. The van der Waals surface area contributed by atoms with Crippen LogP contribution >= 0.6 is 11.8 Å². The molecule has 2 atom stereocenters. The Bertz CT molecular complexity index is 849. The third-order valence-electron chi connectivity index (χ3n) is 4.54. The highest BCUT2D eigenvalue weighted by molar-refractivity contribution is 8.00. The van der Waals surface area contributed by atoms with E-state index < -0.39 is 17.3 Å². The van der Waals surface area contributed by atoms with Gasteiger partial charge in [-0.25, -0.2) is 4.79 Å². The smallest absolute Gasteiger partial charge is 0.413 e. The zero-order valence-corrected chi connectivity index (χ0v) is 17.4. The fourth-order valence-corrected chi connectivity index (χ4v) is 3.81. The average Bonchev–Trinajstić information content (AvgIpc) is 3.38. The molecule has 1 aliphatic rings. The molecule has 1 aliphatic heterocycles. The van der Waals surface area contributed by atoms with Crippen LogP contribution in [0.3, 0.4) is 0 Å². The van der Waals surface area contributed by atoms with Gasteiger partial charge in [0.1, 0.15) is 5.75 Å². The summed E-state index contributed by atoms with van der Waals surface area (Å²) in [5.41, 5.74) is 0.884. The van der Waals surface area contributed by atoms with E-state index in [0.717, 1.165) is 30.8 Å². The van der Waals surface area contributed by atoms with E-state index >= 15 is 0 Å². The van der Waals surface area contributed by atoms with E-state index in [1.54, 1.807) is 14.0 Å². The molecule has 156 valence electrons. The molecule has 3 rings (SSSR count). The van der Waals surface area contributed by atoms with Gasteiger partial charge in [-0.05, 0) is 44.0 Å². The second-order valence-electron chi connectivity index (χ2n) is 6.52. The van der Waals surface area contributed by atoms with Crippen molar-refractivity contribution >= 4 is 23.8 Å². The van der Waals surface area contributed by atoms with Crippen molar-refractivity contribution < 1.29 is 23.8 Å². The summed E-state index contributed by atoms with van der Waals surface area (Å²) in [7, 11) is 2.82. The molecule has 2 amide bonds. The van der Waals surface area contributed by atoms with E-state index in [4.69, 9.17) is 9.47 Å². The standard InChI is InChI=1S/C19H24N4O5S/c1-12(17(24)20-19(25)27-3)29-18-22-21-16(13-6-8-14(26-2)9-7-13)23(18)11-15-5-4-10-28-15/h6-9,12,15H,4-5,10-11H2,1-3H3,(H,20,24,25)/t12-,15+/m1/s1. The minimum atomic E-state index is -0.790. The van der Waals surface area contributed by atoms with Crippen molar-refractivity contribution in [3.63, 3.8) is 0 Å². The fourth-order valence-electron chi connectivity index (χ4n) is 2.95. The molecule has 0 saturated carbocycles. The second kappa shape index (κ2) is 9.75. The highest BCUT2D eigenvalue weighted by atomic mass is 32.2. The lowest BCUT2D eigenvalue weighted by molar-refractivity contribution is -0.119. The number of nitrogens with one attached hydrogen (secondary N) is 1. The highest BCUT2D eigenvalue weighted by Gasteiger charge is 2.25. The van der Waals surface area contributed by atoms with Gasteiger partial charge >= 0.3 is 6.09 Å². The first-order valence-electron chi connectivity index (χ1n) is 9.26. The number of rotatable bonds is 7. The number of imide groups is 1. The van der Waals surface area contributed by atoms with Crippen LogP contribution in [0, 0.1) is 0 Å². The topological polar surface area (TPSA) is 105 Å². The van der Waals surface area contributed by atoms with Crippen LogP contribution in [0.15, 0.2) is 29.4 Å². The third kappa shape index (κ3) is 5.27. The first-order valence-corrected chi connectivity index (χ1v) is 10.1. The van der Waals surface area contributed by atoms with E-state index in [0.29, 0.717) is 17.5 Å². The Morgan fingerprint density at radius 3 is 2.69 bits per heavy atom. The number of alkyl carbamates (subject to hydrolysis) is 1.